The summed E-state index contributed by atoms with van der Waals surface area (Å²) in [5.41, 5.74) is 6.18. The van der Waals surface area contributed by atoms with E-state index in [1.54, 1.807) is 12.1 Å². The van der Waals surface area contributed by atoms with Gasteiger partial charge < -0.3 is 11.1 Å². The molecule has 0 aliphatic heterocycles. The zero-order chi connectivity index (χ0) is 13.0. The van der Waals surface area contributed by atoms with Crippen LogP contribution in [0.25, 0.3) is 0 Å². The van der Waals surface area contributed by atoms with Crippen LogP contribution in [-0.4, -0.2) is 16.5 Å². The quantitative estimate of drug-likeness (QED) is 0.871. The number of aromatic nitrogens is 2. The van der Waals surface area contributed by atoms with Gasteiger partial charge in [-0.15, -0.1) is 0 Å². The molecule has 0 aliphatic rings. The molecule has 18 heavy (non-hydrogen) atoms. The third kappa shape index (κ3) is 3.13. The number of anilines is 2. The SMILES string of the molecule is Nc1ncc(F)c(NCCc2cccc(F)c2)n1. The molecule has 0 unspecified atom stereocenters. The molecule has 4 nitrogen and oxygen atoms in total. The minimum Gasteiger partial charge on any atom is -0.368 e. The Kier molecular flexibility index (Phi) is 3.66. The molecule has 6 heteroatoms. The maximum atomic E-state index is 13.3. The summed E-state index contributed by atoms with van der Waals surface area (Å²) in [5.74, 6) is -0.794. The van der Waals surface area contributed by atoms with E-state index in [-0.39, 0.29) is 17.6 Å². The van der Waals surface area contributed by atoms with E-state index in [0.717, 1.165) is 11.8 Å². The monoisotopic (exact) mass is 250 g/mol. The number of nitrogen functional groups attached to an aromatic ring is 1. The van der Waals surface area contributed by atoms with E-state index in [1.165, 1.54) is 12.1 Å². The van der Waals surface area contributed by atoms with E-state index >= 15 is 0 Å². The summed E-state index contributed by atoms with van der Waals surface area (Å²) < 4.78 is 26.2. The number of nitrogens with one attached hydrogen (secondary N) is 1. The van der Waals surface area contributed by atoms with Crippen LogP contribution in [0.5, 0.6) is 0 Å². The fourth-order valence-electron chi connectivity index (χ4n) is 1.52. The van der Waals surface area contributed by atoms with Crippen molar-refractivity contribution in [2.75, 3.05) is 17.6 Å². The van der Waals surface area contributed by atoms with Gasteiger partial charge in [0.25, 0.3) is 0 Å². The van der Waals surface area contributed by atoms with Gasteiger partial charge in [0.05, 0.1) is 6.20 Å². The Labute approximate surface area is 103 Å². The summed E-state index contributed by atoms with van der Waals surface area (Å²) in [6.07, 6.45) is 1.56. The highest BCUT2D eigenvalue weighted by molar-refractivity contribution is 5.39. The molecule has 0 spiro atoms. The van der Waals surface area contributed by atoms with Gasteiger partial charge in [-0.3, -0.25) is 0 Å². The van der Waals surface area contributed by atoms with Crippen molar-refractivity contribution in [3.05, 3.63) is 47.7 Å². The van der Waals surface area contributed by atoms with Gasteiger partial charge in [-0.25, -0.2) is 13.8 Å². The fourth-order valence-corrected chi connectivity index (χ4v) is 1.52. The minimum absolute atomic E-state index is 0.00431. The second-order valence-corrected chi connectivity index (χ2v) is 3.73. The summed E-state index contributed by atoms with van der Waals surface area (Å²) in [6.45, 7) is 0.427. The summed E-state index contributed by atoms with van der Waals surface area (Å²) >= 11 is 0. The first-order valence-corrected chi connectivity index (χ1v) is 5.41. The zero-order valence-electron chi connectivity index (χ0n) is 9.53. The van der Waals surface area contributed by atoms with Crippen molar-refractivity contribution in [1.82, 2.24) is 9.97 Å². The molecule has 2 aromatic rings. The number of nitrogens with two attached hydrogens (primary N) is 1. The van der Waals surface area contributed by atoms with Crippen LogP contribution in [0.2, 0.25) is 0 Å². The summed E-state index contributed by atoms with van der Waals surface area (Å²) in [5, 5.41) is 2.79. The molecule has 0 saturated heterocycles. The molecule has 3 N–H and O–H groups in total. The van der Waals surface area contributed by atoms with Gasteiger partial charge in [0, 0.05) is 6.54 Å². The fraction of sp³-hybridized carbons (Fsp3) is 0.167. The highest BCUT2D eigenvalue weighted by Crippen LogP contribution is 2.10. The predicted octanol–water partition coefficient (Wildman–Crippen LogP) is 1.99. The molecule has 1 heterocycles. The maximum absolute atomic E-state index is 13.3. The molecular formula is C12H12F2N4. The number of hydrogen-bond acceptors (Lipinski definition) is 4. The molecule has 0 aliphatic carbocycles. The smallest absolute Gasteiger partial charge is 0.222 e. The molecule has 1 aromatic carbocycles. The molecule has 0 atom stereocenters. The van der Waals surface area contributed by atoms with Crippen LogP contribution in [-0.2, 0) is 6.42 Å². The first-order chi connectivity index (χ1) is 8.65. The Bertz CT molecular complexity index is 545. The number of benzene rings is 1. The maximum Gasteiger partial charge on any atom is 0.222 e. The summed E-state index contributed by atoms with van der Waals surface area (Å²) in [6, 6.07) is 6.25. The molecular weight excluding hydrogens is 238 g/mol. The normalized spacial score (nSPS) is 10.3. The van der Waals surface area contributed by atoms with Crippen LogP contribution in [0.3, 0.4) is 0 Å². The van der Waals surface area contributed by atoms with Gasteiger partial charge >= 0.3 is 0 Å². The second kappa shape index (κ2) is 5.39. The Morgan fingerprint density at radius 1 is 1.28 bits per heavy atom. The molecule has 94 valence electrons. The standard InChI is InChI=1S/C12H12F2N4/c13-9-3-1-2-8(6-9)4-5-16-11-10(14)7-17-12(15)18-11/h1-3,6-7H,4-5H2,(H3,15,16,17,18). The van der Waals surface area contributed by atoms with Gasteiger partial charge in [-0.05, 0) is 24.1 Å². The van der Waals surface area contributed by atoms with Gasteiger partial charge in [0.2, 0.25) is 5.95 Å². The Morgan fingerprint density at radius 3 is 2.89 bits per heavy atom. The molecule has 0 amide bonds. The number of nitrogens with zero attached hydrogens (tertiary/aromatic N) is 2. The lowest BCUT2D eigenvalue weighted by atomic mass is 10.1. The van der Waals surface area contributed by atoms with Gasteiger partial charge in [-0.1, -0.05) is 12.1 Å². The van der Waals surface area contributed by atoms with E-state index in [2.05, 4.69) is 15.3 Å². The Balaban J connectivity index is 1.94. The lowest BCUT2D eigenvalue weighted by Crippen LogP contribution is -2.10. The highest BCUT2D eigenvalue weighted by Gasteiger charge is 2.04. The molecule has 0 radical (unpaired) electrons. The lowest BCUT2D eigenvalue weighted by molar-refractivity contribution is 0.617. The first-order valence-electron chi connectivity index (χ1n) is 5.41. The van der Waals surface area contributed by atoms with Crippen molar-refractivity contribution in [1.29, 1.82) is 0 Å². The molecule has 0 bridgehead atoms. The summed E-state index contributed by atoms with van der Waals surface area (Å²) in [7, 11) is 0. The molecule has 0 saturated carbocycles. The van der Waals surface area contributed by atoms with Crippen molar-refractivity contribution >= 4 is 11.8 Å². The Morgan fingerprint density at radius 2 is 2.11 bits per heavy atom. The third-order valence-corrected chi connectivity index (χ3v) is 2.36. The first kappa shape index (κ1) is 12.2. The molecule has 0 fully saturated rings. The van der Waals surface area contributed by atoms with E-state index in [4.69, 9.17) is 5.73 Å². The Hall–Kier alpha value is -2.24. The van der Waals surface area contributed by atoms with Gasteiger partial charge in [0.15, 0.2) is 11.6 Å². The van der Waals surface area contributed by atoms with Crippen LogP contribution < -0.4 is 11.1 Å². The van der Waals surface area contributed by atoms with Gasteiger partial charge in [-0.2, -0.15) is 4.98 Å². The van der Waals surface area contributed by atoms with E-state index < -0.39 is 5.82 Å². The van der Waals surface area contributed by atoms with Crippen molar-refractivity contribution in [3.63, 3.8) is 0 Å². The van der Waals surface area contributed by atoms with Crippen molar-refractivity contribution < 1.29 is 8.78 Å². The topological polar surface area (TPSA) is 63.8 Å². The van der Waals surface area contributed by atoms with E-state index in [9.17, 15) is 8.78 Å². The van der Waals surface area contributed by atoms with Crippen molar-refractivity contribution in [3.8, 4) is 0 Å². The average molecular weight is 250 g/mol. The van der Waals surface area contributed by atoms with E-state index in [0.29, 0.717) is 13.0 Å². The third-order valence-electron chi connectivity index (χ3n) is 2.36. The number of rotatable bonds is 4. The molecule has 1 aromatic heterocycles. The number of hydrogen-bond donors (Lipinski definition) is 2. The van der Waals surface area contributed by atoms with E-state index in [1.807, 2.05) is 0 Å². The largest absolute Gasteiger partial charge is 0.368 e. The van der Waals surface area contributed by atoms with Crippen molar-refractivity contribution in [2.24, 2.45) is 0 Å². The predicted molar refractivity (Wildman–Crippen MR) is 65.0 cm³/mol. The lowest BCUT2D eigenvalue weighted by Gasteiger charge is -2.06. The van der Waals surface area contributed by atoms with Gasteiger partial charge in [0.1, 0.15) is 5.82 Å². The second-order valence-electron chi connectivity index (χ2n) is 3.73. The van der Waals surface area contributed by atoms with Crippen LogP contribution in [0.1, 0.15) is 5.56 Å². The zero-order valence-corrected chi connectivity index (χ0v) is 9.53. The van der Waals surface area contributed by atoms with Crippen LogP contribution in [0.4, 0.5) is 20.5 Å². The van der Waals surface area contributed by atoms with Crippen LogP contribution in [0.15, 0.2) is 30.5 Å². The summed E-state index contributed by atoms with van der Waals surface area (Å²) in [4.78, 5) is 7.25. The van der Waals surface area contributed by atoms with Crippen molar-refractivity contribution in [2.45, 2.75) is 6.42 Å². The van der Waals surface area contributed by atoms with Crippen LogP contribution in [0, 0.1) is 11.6 Å². The molecule has 2 rings (SSSR count). The average Bonchev–Trinajstić information content (AvgIpc) is 2.34. The minimum atomic E-state index is -0.566. The number of halogens is 2. The van der Waals surface area contributed by atoms with Crippen LogP contribution >= 0.6 is 0 Å². The highest BCUT2D eigenvalue weighted by atomic mass is 19.1.